The van der Waals surface area contributed by atoms with Crippen molar-refractivity contribution >= 4 is 0 Å². The molecule has 0 aromatic rings. The van der Waals surface area contributed by atoms with E-state index in [1.807, 2.05) is 0 Å². The summed E-state index contributed by atoms with van der Waals surface area (Å²) >= 11 is 0. The fourth-order valence-electron chi connectivity index (χ4n) is 7.84. The lowest BCUT2D eigenvalue weighted by atomic mass is 9.41. The van der Waals surface area contributed by atoms with Crippen molar-refractivity contribution in [1.82, 2.24) is 0 Å². The average molecular weight is 290 g/mol. The van der Waals surface area contributed by atoms with Crippen LogP contribution in [0.3, 0.4) is 0 Å². The summed E-state index contributed by atoms with van der Waals surface area (Å²) in [4.78, 5) is 0. The molecule has 4 aliphatic rings. The zero-order chi connectivity index (χ0) is 14.7. The molecule has 1 nitrogen and oxygen atoms in total. The Kier molecular flexibility index (Phi) is 3.27. The second-order valence-corrected chi connectivity index (χ2v) is 9.51. The van der Waals surface area contributed by atoms with Crippen LogP contribution in [0.5, 0.6) is 0 Å². The second kappa shape index (κ2) is 4.73. The maximum Gasteiger partial charge on any atom is 0.0495 e. The third kappa shape index (κ3) is 1.73. The molecule has 6 atom stereocenters. The van der Waals surface area contributed by atoms with Crippen LogP contribution < -0.4 is 0 Å². The van der Waals surface area contributed by atoms with Gasteiger partial charge in [0.15, 0.2) is 0 Å². The summed E-state index contributed by atoms with van der Waals surface area (Å²) in [5.41, 5.74) is 1.33. The minimum atomic E-state index is 0.279. The molecule has 1 heteroatoms. The van der Waals surface area contributed by atoms with Crippen LogP contribution in [-0.4, -0.2) is 11.7 Å². The van der Waals surface area contributed by atoms with Gasteiger partial charge in [0.25, 0.3) is 0 Å². The van der Waals surface area contributed by atoms with E-state index in [0.717, 1.165) is 17.8 Å². The molecular formula is C20H34O. The molecule has 120 valence electrons. The summed E-state index contributed by atoms with van der Waals surface area (Å²) in [6.07, 6.45) is 15.6. The summed E-state index contributed by atoms with van der Waals surface area (Å²) in [6.45, 7) is 5.61. The molecule has 4 aliphatic carbocycles. The van der Waals surface area contributed by atoms with Crippen LogP contribution in [0.15, 0.2) is 0 Å². The van der Waals surface area contributed by atoms with Crippen molar-refractivity contribution < 1.29 is 5.11 Å². The quantitative estimate of drug-likeness (QED) is 0.706. The SMILES string of the molecule is CC12CCCCC1CCC1C2CCC2(C)CCC[C@@]12CO. The average Bonchev–Trinajstić information content (AvgIpc) is 2.84. The Morgan fingerprint density at radius 2 is 1.67 bits per heavy atom. The van der Waals surface area contributed by atoms with E-state index < -0.39 is 0 Å². The molecule has 4 saturated carbocycles. The van der Waals surface area contributed by atoms with Crippen LogP contribution in [0.4, 0.5) is 0 Å². The third-order valence-electron chi connectivity index (χ3n) is 9.16. The summed E-state index contributed by atoms with van der Waals surface area (Å²) < 4.78 is 0. The van der Waals surface area contributed by atoms with Crippen molar-refractivity contribution in [2.24, 2.45) is 34.0 Å². The van der Waals surface area contributed by atoms with Crippen LogP contribution in [0.1, 0.15) is 84.5 Å². The zero-order valence-corrected chi connectivity index (χ0v) is 14.2. The smallest absolute Gasteiger partial charge is 0.0495 e. The normalized spacial score (nSPS) is 56.4. The van der Waals surface area contributed by atoms with Crippen molar-refractivity contribution in [3.8, 4) is 0 Å². The molecule has 4 fully saturated rings. The summed E-state index contributed by atoms with van der Waals surface area (Å²) in [5, 5.41) is 10.4. The molecule has 21 heavy (non-hydrogen) atoms. The highest BCUT2D eigenvalue weighted by Crippen LogP contribution is 2.71. The van der Waals surface area contributed by atoms with E-state index in [2.05, 4.69) is 13.8 Å². The first-order valence-electron chi connectivity index (χ1n) is 9.67. The van der Waals surface area contributed by atoms with E-state index in [1.165, 1.54) is 70.6 Å². The Hall–Kier alpha value is -0.0400. The van der Waals surface area contributed by atoms with Crippen molar-refractivity contribution in [1.29, 1.82) is 0 Å². The van der Waals surface area contributed by atoms with Gasteiger partial charge in [0.1, 0.15) is 0 Å². The Morgan fingerprint density at radius 1 is 0.810 bits per heavy atom. The maximum atomic E-state index is 10.4. The molecular weight excluding hydrogens is 256 g/mol. The van der Waals surface area contributed by atoms with Gasteiger partial charge in [0, 0.05) is 12.0 Å². The largest absolute Gasteiger partial charge is 0.396 e. The van der Waals surface area contributed by atoms with Crippen LogP contribution in [-0.2, 0) is 0 Å². The molecule has 0 amide bonds. The first-order valence-corrected chi connectivity index (χ1v) is 9.67. The predicted octanol–water partition coefficient (Wildman–Crippen LogP) is 5.17. The highest BCUT2D eigenvalue weighted by Gasteiger charge is 2.64. The minimum absolute atomic E-state index is 0.279. The van der Waals surface area contributed by atoms with Crippen LogP contribution in [0, 0.1) is 34.0 Å². The van der Waals surface area contributed by atoms with E-state index in [9.17, 15) is 5.11 Å². The summed E-state index contributed by atoms with van der Waals surface area (Å²) in [5.74, 6) is 2.73. The molecule has 1 N–H and O–H groups in total. The van der Waals surface area contributed by atoms with E-state index in [0.29, 0.717) is 17.4 Å². The maximum absolute atomic E-state index is 10.4. The minimum Gasteiger partial charge on any atom is -0.396 e. The highest BCUT2D eigenvalue weighted by molar-refractivity contribution is 5.13. The Labute approximate surface area is 130 Å². The van der Waals surface area contributed by atoms with Gasteiger partial charge in [-0.2, -0.15) is 0 Å². The van der Waals surface area contributed by atoms with Gasteiger partial charge in [-0.25, -0.2) is 0 Å². The fourth-order valence-corrected chi connectivity index (χ4v) is 7.84. The van der Waals surface area contributed by atoms with E-state index in [4.69, 9.17) is 0 Å². The van der Waals surface area contributed by atoms with Gasteiger partial charge in [-0.15, -0.1) is 0 Å². The van der Waals surface area contributed by atoms with Gasteiger partial charge < -0.3 is 5.11 Å². The molecule has 0 aliphatic heterocycles. The van der Waals surface area contributed by atoms with Gasteiger partial charge in [0.2, 0.25) is 0 Å². The lowest BCUT2D eigenvalue weighted by Gasteiger charge is -2.64. The van der Waals surface area contributed by atoms with Gasteiger partial charge in [-0.3, -0.25) is 0 Å². The standard InChI is InChI=1S/C20H34O/c1-18-10-5-12-20(18,14-21)17-8-7-15-6-3-4-11-19(15,2)16(17)9-13-18/h15-17,21H,3-14H2,1-2H3/t15?,16?,17?,18?,19?,20-/m1/s1. The number of rotatable bonds is 1. The number of aliphatic hydroxyl groups is 1. The number of aliphatic hydroxyl groups excluding tert-OH is 1. The monoisotopic (exact) mass is 290 g/mol. The lowest BCUT2D eigenvalue weighted by molar-refractivity contribution is -0.166. The zero-order valence-electron chi connectivity index (χ0n) is 14.2. The van der Waals surface area contributed by atoms with Gasteiger partial charge in [-0.05, 0) is 80.0 Å². The summed E-state index contributed by atoms with van der Waals surface area (Å²) in [6, 6.07) is 0. The molecule has 0 aromatic carbocycles. The van der Waals surface area contributed by atoms with Crippen molar-refractivity contribution in [2.45, 2.75) is 84.5 Å². The van der Waals surface area contributed by atoms with Crippen LogP contribution in [0.25, 0.3) is 0 Å². The molecule has 4 rings (SSSR count). The first kappa shape index (κ1) is 14.5. The third-order valence-corrected chi connectivity index (χ3v) is 9.16. The number of fused-ring (bicyclic) bond motifs is 5. The Morgan fingerprint density at radius 3 is 2.48 bits per heavy atom. The lowest BCUT2D eigenvalue weighted by Crippen LogP contribution is -2.58. The molecule has 0 radical (unpaired) electrons. The number of hydrogen-bond donors (Lipinski definition) is 1. The van der Waals surface area contributed by atoms with Crippen molar-refractivity contribution in [3.05, 3.63) is 0 Å². The number of hydrogen-bond acceptors (Lipinski definition) is 1. The van der Waals surface area contributed by atoms with Crippen LogP contribution in [0.2, 0.25) is 0 Å². The first-order chi connectivity index (χ1) is 10.1. The summed E-state index contributed by atoms with van der Waals surface area (Å²) in [7, 11) is 0. The second-order valence-electron chi connectivity index (χ2n) is 9.51. The van der Waals surface area contributed by atoms with E-state index in [-0.39, 0.29) is 5.41 Å². The topological polar surface area (TPSA) is 20.2 Å². The molecule has 5 unspecified atom stereocenters. The van der Waals surface area contributed by atoms with Crippen molar-refractivity contribution in [2.75, 3.05) is 6.61 Å². The molecule has 0 saturated heterocycles. The van der Waals surface area contributed by atoms with E-state index in [1.54, 1.807) is 0 Å². The fraction of sp³-hybridized carbons (Fsp3) is 1.00. The Bertz CT molecular complexity index is 418. The Balaban J connectivity index is 1.72. The van der Waals surface area contributed by atoms with Gasteiger partial charge in [0.05, 0.1) is 0 Å². The van der Waals surface area contributed by atoms with Crippen LogP contribution >= 0.6 is 0 Å². The van der Waals surface area contributed by atoms with Crippen molar-refractivity contribution in [3.63, 3.8) is 0 Å². The van der Waals surface area contributed by atoms with Gasteiger partial charge in [-0.1, -0.05) is 33.1 Å². The molecule has 0 heterocycles. The van der Waals surface area contributed by atoms with Gasteiger partial charge >= 0.3 is 0 Å². The molecule has 0 bridgehead atoms. The highest BCUT2D eigenvalue weighted by atomic mass is 16.3. The molecule has 0 aromatic heterocycles. The van der Waals surface area contributed by atoms with E-state index >= 15 is 0 Å². The molecule has 0 spiro atoms. The predicted molar refractivity (Wildman–Crippen MR) is 87.0 cm³/mol.